The summed E-state index contributed by atoms with van der Waals surface area (Å²) in [6.07, 6.45) is 12.5. The average Bonchev–Trinajstić information content (AvgIpc) is 3.03. The van der Waals surface area contributed by atoms with Gasteiger partial charge in [0.1, 0.15) is 6.10 Å². The summed E-state index contributed by atoms with van der Waals surface area (Å²) in [5, 5.41) is 9.13. The van der Waals surface area contributed by atoms with E-state index in [0.29, 0.717) is 35.0 Å². The van der Waals surface area contributed by atoms with Crippen molar-refractivity contribution in [3.8, 4) is 0 Å². The molecule has 0 amide bonds. The van der Waals surface area contributed by atoms with Gasteiger partial charge in [-0.05, 0) is 111 Å². The second-order valence-electron chi connectivity index (χ2n) is 11.8. The number of fused-ring (bicyclic) bond motifs is 5. The van der Waals surface area contributed by atoms with Crippen molar-refractivity contribution in [2.24, 2.45) is 46.3 Å². The number of carboxylic acid groups (broad SMARTS) is 1. The summed E-state index contributed by atoms with van der Waals surface area (Å²) in [4.78, 5) is 22.5. The van der Waals surface area contributed by atoms with Crippen LogP contribution in [0.5, 0.6) is 0 Å². The maximum Gasteiger partial charge on any atom is 0.303 e. The maximum absolute atomic E-state index is 11.5. The number of carbonyl (C=O) groups excluding carboxylic acids is 1. The van der Waals surface area contributed by atoms with Crippen molar-refractivity contribution < 1.29 is 19.4 Å². The molecule has 0 radical (unpaired) electrons. The fourth-order valence-corrected chi connectivity index (χ4v) is 9.09. The normalized spacial score (nSPS) is 46.3. The Kier molecular flexibility index (Phi) is 6.00. The van der Waals surface area contributed by atoms with Gasteiger partial charge >= 0.3 is 11.9 Å². The van der Waals surface area contributed by atoms with E-state index < -0.39 is 5.97 Å². The third-order valence-electron chi connectivity index (χ3n) is 10.5. The Hall–Kier alpha value is -1.06. The van der Waals surface area contributed by atoms with Crippen molar-refractivity contribution >= 4 is 11.9 Å². The molecule has 4 nitrogen and oxygen atoms in total. The van der Waals surface area contributed by atoms with Crippen molar-refractivity contribution in [3.63, 3.8) is 0 Å². The summed E-state index contributed by atoms with van der Waals surface area (Å²) < 4.78 is 5.61. The first kappa shape index (κ1) is 22.1. The first-order valence-corrected chi connectivity index (χ1v) is 12.5. The number of rotatable bonds is 5. The van der Waals surface area contributed by atoms with Gasteiger partial charge in [0.15, 0.2) is 0 Å². The van der Waals surface area contributed by atoms with E-state index in [1.807, 2.05) is 0 Å². The Morgan fingerprint density at radius 2 is 1.70 bits per heavy atom. The molecule has 4 aliphatic carbocycles. The van der Waals surface area contributed by atoms with E-state index in [1.54, 1.807) is 6.92 Å². The number of aliphatic carboxylic acids is 1. The Labute approximate surface area is 182 Å². The van der Waals surface area contributed by atoms with Gasteiger partial charge in [0.05, 0.1) is 0 Å². The second-order valence-corrected chi connectivity index (χ2v) is 11.8. The zero-order valence-corrected chi connectivity index (χ0v) is 19.5. The molecule has 9 atom stereocenters. The summed E-state index contributed by atoms with van der Waals surface area (Å²) in [6, 6.07) is 0. The molecule has 0 aromatic heterocycles. The molecule has 1 N–H and O–H groups in total. The standard InChI is InChI=1S/C26H42O4/c1-16(5-10-24(28)29)21-8-9-22-20-7-6-18-15-19(30-17(2)27)11-13-25(18,3)23(20)12-14-26(21,22)4/h16,18-23H,5-15H2,1-4H3,(H,28,29)/t16-,18?,19-,20+,21-,22?,23?,25+,26-/m1/s1. The number of carboxylic acids is 1. The van der Waals surface area contributed by atoms with E-state index in [9.17, 15) is 9.59 Å². The van der Waals surface area contributed by atoms with Crippen molar-refractivity contribution in [2.45, 2.75) is 104 Å². The number of hydrogen-bond acceptors (Lipinski definition) is 3. The molecule has 4 heteroatoms. The van der Waals surface area contributed by atoms with Gasteiger partial charge in [-0.15, -0.1) is 0 Å². The average molecular weight is 419 g/mol. The lowest BCUT2D eigenvalue weighted by molar-refractivity contribution is -0.160. The predicted octanol–water partition coefficient (Wildman–Crippen LogP) is 6.08. The Bertz CT molecular complexity index is 674. The van der Waals surface area contributed by atoms with Gasteiger partial charge in [-0.2, -0.15) is 0 Å². The van der Waals surface area contributed by atoms with Gasteiger partial charge in [-0.3, -0.25) is 9.59 Å². The summed E-state index contributed by atoms with van der Waals surface area (Å²) in [7, 11) is 0. The predicted molar refractivity (Wildman–Crippen MR) is 117 cm³/mol. The van der Waals surface area contributed by atoms with Crippen LogP contribution >= 0.6 is 0 Å². The topological polar surface area (TPSA) is 63.6 Å². The summed E-state index contributed by atoms with van der Waals surface area (Å²) in [6.45, 7) is 8.96. The molecule has 0 aromatic carbocycles. The van der Waals surface area contributed by atoms with Crippen LogP contribution in [-0.4, -0.2) is 23.1 Å². The zero-order valence-electron chi connectivity index (χ0n) is 19.5. The number of hydrogen-bond donors (Lipinski definition) is 1. The zero-order chi connectivity index (χ0) is 21.7. The second kappa shape index (κ2) is 8.13. The fraction of sp³-hybridized carbons (Fsp3) is 0.923. The molecule has 4 fully saturated rings. The van der Waals surface area contributed by atoms with Crippen LogP contribution in [0.4, 0.5) is 0 Å². The molecule has 4 aliphatic rings. The van der Waals surface area contributed by atoms with E-state index >= 15 is 0 Å². The SMILES string of the molecule is CC(=O)O[C@@H]1CC[C@@]2(C)C(CC[C@@H]3C2CC[C@@]2(C)C3CC[C@@H]2[C@H](C)CCC(=O)O)C1. The third kappa shape index (κ3) is 3.71. The lowest BCUT2D eigenvalue weighted by Gasteiger charge is -2.61. The Morgan fingerprint density at radius 1 is 1.00 bits per heavy atom. The molecular weight excluding hydrogens is 376 g/mol. The van der Waals surface area contributed by atoms with Crippen molar-refractivity contribution in [3.05, 3.63) is 0 Å². The third-order valence-corrected chi connectivity index (χ3v) is 10.5. The molecular formula is C26H42O4. The van der Waals surface area contributed by atoms with Gasteiger partial charge in [0, 0.05) is 13.3 Å². The molecule has 0 aliphatic heterocycles. The summed E-state index contributed by atoms with van der Waals surface area (Å²) in [5.41, 5.74) is 0.811. The lowest BCUT2D eigenvalue weighted by Crippen LogP contribution is -2.54. The van der Waals surface area contributed by atoms with Gasteiger partial charge in [-0.25, -0.2) is 0 Å². The molecule has 4 saturated carbocycles. The molecule has 170 valence electrons. The minimum absolute atomic E-state index is 0.125. The maximum atomic E-state index is 11.5. The van der Waals surface area contributed by atoms with Crippen molar-refractivity contribution in [2.75, 3.05) is 0 Å². The first-order valence-electron chi connectivity index (χ1n) is 12.5. The molecule has 30 heavy (non-hydrogen) atoms. The highest BCUT2D eigenvalue weighted by molar-refractivity contribution is 5.66. The minimum atomic E-state index is -0.652. The van der Waals surface area contributed by atoms with Crippen molar-refractivity contribution in [1.29, 1.82) is 0 Å². The van der Waals surface area contributed by atoms with Gasteiger partial charge in [-0.1, -0.05) is 20.8 Å². The highest BCUT2D eigenvalue weighted by Gasteiger charge is 2.60. The number of carbonyl (C=O) groups is 2. The number of ether oxygens (including phenoxy) is 1. The molecule has 4 rings (SSSR count). The van der Waals surface area contributed by atoms with E-state index in [4.69, 9.17) is 9.84 Å². The van der Waals surface area contributed by atoms with E-state index in [-0.39, 0.29) is 12.1 Å². The molecule has 0 saturated heterocycles. The molecule has 0 spiro atoms. The summed E-state index contributed by atoms with van der Waals surface area (Å²) >= 11 is 0. The quantitative estimate of drug-likeness (QED) is 0.550. The number of esters is 1. The van der Waals surface area contributed by atoms with Gasteiger partial charge in [0.2, 0.25) is 0 Å². The highest BCUT2D eigenvalue weighted by Crippen LogP contribution is 2.68. The van der Waals surface area contributed by atoms with Crippen LogP contribution in [0, 0.1) is 46.3 Å². The molecule has 0 aromatic rings. The van der Waals surface area contributed by atoms with Crippen LogP contribution in [0.15, 0.2) is 0 Å². The molecule has 0 bridgehead atoms. The van der Waals surface area contributed by atoms with E-state index in [0.717, 1.165) is 37.0 Å². The minimum Gasteiger partial charge on any atom is -0.481 e. The van der Waals surface area contributed by atoms with Crippen molar-refractivity contribution in [1.82, 2.24) is 0 Å². The first-order chi connectivity index (χ1) is 14.1. The van der Waals surface area contributed by atoms with Crippen LogP contribution in [0.3, 0.4) is 0 Å². The van der Waals surface area contributed by atoms with Crippen LogP contribution in [0.25, 0.3) is 0 Å². The van der Waals surface area contributed by atoms with Crippen LogP contribution in [0.1, 0.15) is 98.3 Å². The smallest absolute Gasteiger partial charge is 0.303 e. The molecule has 3 unspecified atom stereocenters. The molecule has 0 heterocycles. The van der Waals surface area contributed by atoms with E-state index in [1.165, 1.54) is 44.9 Å². The summed E-state index contributed by atoms with van der Waals surface area (Å²) in [5.74, 6) is 3.60. The van der Waals surface area contributed by atoms with Crippen LogP contribution in [-0.2, 0) is 14.3 Å². The van der Waals surface area contributed by atoms with Gasteiger partial charge in [0.25, 0.3) is 0 Å². The van der Waals surface area contributed by atoms with E-state index in [2.05, 4.69) is 20.8 Å². The fourth-order valence-electron chi connectivity index (χ4n) is 9.09. The largest absolute Gasteiger partial charge is 0.481 e. The Balaban J connectivity index is 1.47. The lowest BCUT2D eigenvalue weighted by atomic mass is 9.44. The van der Waals surface area contributed by atoms with Gasteiger partial charge < -0.3 is 9.84 Å². The van der Waals surface area contributed by atoms with Crippen LogP contribution < -0.4 is 0 Å². The highest BCUT2D eigenvalue weighted by atomic mass is 16.5. The monoisotopic (exact) mass is 418 g/mol. The van der Waals surface area contributed by atoms with Crippen LogP contribution in [0.2, 0.25) is 0 Å². The Morgan fingerprint density at radius 3 is 2.40 bits per heavy atom.